The maximum Gasteiger partial charge on any atom is 0.0949 e. The van der Waals surface area contributed by atoms with Crippen molar-refractivity contribution in [3.05, 3.63) is 18.2 Å². The Morgan fingerprint density at radius 2 is 2.00 bits per heavy atom. The van der Waals surface area contributed by atoms with E-state index in [1.54, 1.807) is 0 Å². The normalized spacial score (nSPS) is 17.8. The fourth-order valence-electron chi connectivity index (χ4n) is 2.13. The lowest BCUT2D eigenvalue weighted by atomic mass is 10.1. The number of hydrogen-bond acceptors (Lipinski definition) is 4. The van der Waals surface area contributed by atoms with Gasteiger partial charge in [-0.3, -0.25) is 4.90 Å². The highest BCUT2D eigenvalue weighted by Gasteiger charge is 2.12. The van der Waals surface area contributed by atoms with E-state index in [1.165, 1.54) is 30.3 Å². The van der Waals surface area contributed by atoms with E-state index in [0.717, 1.165) is 19.6 Å². The van der Waals surface area contributed by atoms with Crippen molar-refractivity contribution in [3.63, 3.8) is 0 Å². The zero-order valence-corrected chi connectivity index (χ0v) is 13.2. The molecule has 1 N–H and O–H groups in total. The third kappa shape index (κ3) is 5.16. The molecule has 0 unspecified atom stereocenters. The van der Waals surface area contributed by atoms with Crippen molar-refractivity contribution in [2.24, 2.45) is 0 Å². The molecule has 2 heterocycles. The largest absolute Gasteiger partial charge is 0.332 e. The van der Waals surface area contributed by atoms with Crippen LogP contribution in [-0.2, 0) is 13.1 Å². The van der Waals surface area contributed by atoms with Crippen molar-refractivity contribution in [1.29, 1.82) is 0 Å². The fraction of sp³-hybridized carbons (Fsp3) is 0.786. The second kappa shape index (κ2) is 6.77. The molecule has 0 atom stereocenters. The first-order chi connectivity index (χ1) is 9.04. The van der Waals surface area contributed by atoms with Gasteiger partial charge in [0.25, 0.3) is 0 Å². The van der Waals surface area contributed by atoms with Crippen LogP contribution in [0.5, 0.6) is 0 Å². The number of nitrogens with zero attached hydrogens (tertiary/aromatic N) is 3. The molecule has 0 aromatic carbocycles. The SMILES string of the molecule is CC(C)(C)NCc1cncn1CCN1CCSCC1. The Labute approximate surface area is 121 Å². The number of thioether (sulfide) groups is 1. The van der Waals surface area contributed by atoms with Crippen LogP contribution in [0.2, 0.25) is 0 Å². The summed E-state index contributed by atoms with van der Waals surface area (Å²) in [5, 5.41) is 3.52. The minimum Gasteiger partial charge on any atom is -0.332 e. The zero-order valence-electron chi connectivity index (χ0n) is 12.4. The highest BCUT2D eigenvalue weighted by Crippen LogP contribution is 2.10. The van der Waals surface area contributed by atoms with Gasteiger partial charge in [0, 0.05) is 56.0 Å². The van der Waals surface area contributed by atoms with E-state index in [4.69, 9.17) is 0 Å². The highest BCUT2D eigenvalue weighted by atomic mass is 32.2. The molecule has 0 amide bonds. The first-order valence-electron chi connectivity index (χ1n) is 7.09. The molecule has 1 saturated heterocycles. The molecule has 0 spiro atoms. The summed E-state index contributed by atoms with van der Waals surface area (Å²) in [7, 11) is 0. The lowest BCUT2D eigenvalue weighted by Crippen LogP contribution is -2.37. The monoisotopic (exact) mass is 282 g/mol. The minimum absolute atomic E-state index is 0.152. The smallest absolute Gasteiger partial charge is 0.0949 e. The molecule has 0 bridgehead atoms. The van der Waals surface area contributed by atoms with Crippen LogP contribution < -0.4 is 5.32 Å². The van der Waals surface area contributed by atoms with Crippen molar-refractivity contribution in [1.82, 2.24) is 19.8 Å². The van der Waals surface area contributed by atoms with E-state index in [-0.39, 0.29) is 5.54 Å². The van der Waals surface area contributed by atoms with Gasteiger partial charge < -0.3 is 9.88 Å². The van der Waals surface area contributed by atoms with Gasteiger partial charge in [0.15, 0.2) is 0 Å². The van der Waals surface area contributed by atoms with Crippen molar-refractivity contribution in [2.75, 3.05) is 31.1 Å². The molecule has 0 aliphatic carbocycles. The van der Waals surface area contributed by atoms with Gasteiger partial charge in [-0.05, 0) is 20.8 Å². The second-order valence-electron chi connectivity index (χ2n) is 6.14. The van der Waals surface area contributed by atoms with Gasteiger partial charge in [0.1, 0.15) is 0 Å². The third-order valence-corrected chi connectivity index (χ3v) is 4.30. The van der Waals surface area contributed by atoms with Crippen molar-refractivity contribution < 1.29 is 0 Å². The van der Waals surface area contributed by atoms with Crippen LogP contribution in [-0.4, -0.2) is 51.1 Å². The maximum atomic E-state index is 4.29. The van der Waals surface area contributed by atoms with E-state index in [0.29, 0.717) is 0 Å². The van der Waals surface area contributed by atoms with Gasteiger partial charge in [0.2, 0.25) is 0 Å². The van der Waals surface area contributed by atoms with Gasteiger partial charge >= 0.3 is 0 Å². The summed E-state index contributed by atoms with van der Waals surface area (Å²) in [6, 6.07) is 0. The molecule has 1 aliphatic heterocycles. The molecule has 4 nitrogen and oxygen atoms in total. The minimum atomic E-state index is 0.152. The third-order valence-electron chi connectivity index (χ3n) is 3.36. The summed E-state index contributed by atoms with van der Waals surface area (Å²) in [5.41, 5.74) is 1.43. The van der Waals surface area contributed by atoms with Crippen LogP contribution in [0.3, 0.4) is 0 Å². The van der Waals surface area contributed by atoms with Crippen LogP contribution >= 0.6 is 11.8 Å². The van der Waals surface area contributed by atoms with E-state index in [1.807, 2.05) is 12.5 Å². The molecule has 2 rings (SSSR count). The average molecular weight is 282 g/mol. The molecule has 19 heavy (non-hydrogen) atoms. The Morgan fingerprint density at radius 1 is 1.26 bits per heavy atom. The van der Waals surface area contributed by atoms with E-state index in [2.05, 4.69) is 52.3 Å². The molecule has 1 aromatic heterocycles. The molecule has 0 saturated carbocycles. The second-order valence-corrected chi connectivity index (χ2v) is 7.36. The van der Waals surface area contributed by atoms with Gasteiger partial charge in [-0.25, -0.2) is 4.98 Å². The topological polar surface area (TPSA) is 33.1 Å². The lowest BCUT2D eigenvalue weighted by Gasteiger charge is -2.26. The van der Waals surface area contributed by atoms with Gasteiger partial charge in [-0.2, -0.15) is 11.8 Å². The highest BCUT2D eigenvalue weighted by molar-refractivity contribution is 7.99. The van der Waals surface area contributed by atoms with Gasteiger partial charge in [0.05, 0.1) is 12.0 Å². The Balaban J connectivity index is 1.81. The first-order valence-corrected chi connectivity index (χ1v) is 8.24. The molecular weight excluding hydrogens is 256 g/mol. The van der Waals surface area contributed by atoms with Gasteiger partial charge in [-0.15, -0.1) is 0 Å². The van der Waals surface area contributed by atoms with E-state index >= 15 is 0 Å². The molecule has 0 radical (unpaired) electrons. The van der Waals surface area contributed by atoms with Crippen LogP contribution in [0.25, 0.3) is 0 Å². The van der Waals surface area contributed by atoms with Crippen LogP contribution in [0.1, 0.15) is 26.5 Å². The van der Waals surface area contributed by atoms with E-state index in [9.17, 15) is 0 Å². The van der Waals surface area contributed by atoms with Crippen molar-refractivity contribution in [3.8, 4) is 0 Å². The van der Waals surface area contributed by atoms with Crippen molar-refractivity contribution >= 4 is 11.8 Å². The fourth-order valence-corrected chi connectivity index (χ4v) is 3.11. The number of aromatic nitrogens is 2. The summed E-state index contributed by atoms with van der Waals surface area (Å²) < 4.78 is 2.28. The number of rotatable bonds is 5. The summed E-state index contributed by atoms with van der Waals surface area (Å²) in [6.07, 6.45) is 3.93. The number of hydrogen-bond donors (Lipinski definition) is 1. The number of nitrogens with one attached hydrogen (secondary N) is 1. The Hall–Kier alpha value is -0.520. The summed E-state index contributed by atoms with van der Waals surface area (Å²) >= 11 is 2.07. The Morgan fingerprint density at radius 3 is 2.68 bits per heavy atom. The average Bonchev–Trinajstić information content (AvgIpc) is 2.82. The van der Waals surface area contributed by atoms with Crippen molar-refractivity contribution in [2.45, 2.75) is 39.4 Å². The molecule has 1 fully saturated rings. The lowest BCUT2D eigenvalue weighted by molar-refractivity contribution is 0.287. The van der Waals surface area contributed by atoms with E-state index < -0.39 is 0 Å². The quantitative estimate of drug-likeness (QED) is 0.893. The van der Waals surface area contributed by atoms with Crippen LogP contribution in [0.15, 0.2) is 12.5 Å². The maximum absolute atomic E-state index is 4.29. The van der Waals surface area contributed by atoms with Gasteiger partial charge in [-0.1, -0.05) is 0 Å². The summed E-state index contributed by atoms with van der Waals surface area (Å²) in [5.74, 6) is 2.56. The molecule has 108 valence electrons. The van der Waals surface area contributed by atoms with Crippen LogP contribution in [0, 0.1) is 0 Å². The summed E-state index contributed by atoms with van der Waals surface area (Å²) in [6.45, 7) is 12.1. The number of imidazole rings is 1. The molecule has 1 aliphatic rings. The predicted molar refractivity (Wildman–Crippen MR) is 82.6 cm³/mol. The zero-order chi connectivity index (χ0) is 13.7. The Bertz CT molecular complexity index is 377. The molecule has 1 aromatic rings. The summed E-state index contributed by atoms with van der Waals surface area (Å²) in [4.78, 5) is 6.84. The molecular formula is C14H26N4S. The standard InChI is InChI=1S/C14H26N4S/c1-14(2,3)16-11-13-10-15-12-18(13)5-4-17-6-8-19-9-7-17/h10,12,16H,4-9,11H2,1-3H3. The predicted octanol–water partition coefficient (Wildman–Crippen LogP) is 1.82. The molecule has 5 heteroatoms. The first kappa shape index (κ1) is 14.9. The Kier molecular flexibility index (Phi) is 5.30. The van der Waals surface area contributed by atoms with Crippen LogP contribution in [0.4, 0.5) is 0 Å².